The Kier molecular flexibility index (Phi) is 6.83. The van der Waals surface area contributed by atoms with Crippen molar-refractivity contribution in [2.45, 2.75) is 45.1 Å². The zero-order chi connectivity index (χ0) is 20.1. The summed E-state index contributed by atoms with van der Waals surface area (Å²) in [6, 6.07) is 0.0132. The molecule has 0 aromatic carbocycles. The number of likely N-dealkylation sites (tertiary alicyclic amines) is 2. The first kappa shape index (κ1) is 20.5. The highest BCUT2D eigenvalue weighted by Crippen LogP contribution is 2.34. The molecule has 8 nitrogen and oxygen atoms in total. The van der Waals surface area contributed by atoms with Crippen LogP contribution in [0.4, 0.5) is 0 Å². The van der Waals surface area contributed by atoms with Gasteiger partial charge in [0.1, 0.15) is 6.54 Å². The normalized spacial score (nSPS) is 25.7. The van der Waals surface area contributed by atoms with Crippen LogP contribution in [0.2, 0.25) is 0 Å². The maximum Gasteiger partial charge on any atom is 0.240 e. The molecule has 0 saturated carbocycles. The molecule has 0 spiro atoms. The van der Waals surface area contributed by atoms with Gasteiger partial charge in [-0.15, -0.1) is 0 Å². The molecule has 4 amide bonds. The van der Waals surface area contributed by atoms with Gasteiger partial charge in [-0.2, -0.15) is 0 Å². The number of hydrogen-bond acceptors (Lipinski definition) is 5. The van der Waals surface area contributed by atoms with Crippen molar-refractivity contribution < 1.29 is 19.2 Å². The molecule has 0 aromatic heterocycles. The molecule has 28 heavy (non-hydrogen) atoms. The van der Waals surface area contributed by atoms with E-state index in [9.17, 15) is 19.2 Å². The summed E-state index contributed by atoms with van der Waals surface area (Å²) in [6.07, 6.45) is 7.46. The number of nitrogens with one attached hydrogen (secondary N) is 2. The zero-order valence-corrected chi connectivity index (χ0v) is 16.5. The molecule has 0 aromatic rings. The van der Waals surface area contributed by atoms with E-state index in [1.54, 1.807) is 0 Å². The lowest BCUT2D eigenvalue weighted by atomic mass is 9.85. The van der Waals surface area contributed by atoms with Crippen molar-refractivity contribution in [1.29, 1.82) is 0 Å². The lowest BCUT2D eigenvalue weighted by Gasteiger charge is -2.32. The van der Waals surface area contributed by atoms with Crippen molar-refractivity contribution in [3.8, 4) is 0 Å². The fourth-order valence-electron chi connectivity index (χ4n) is 4.20. The number of allylic oxidation sites excluding steroid dienone is 2. The van der Waals surface area contributed by atoms with Gasteiger partial charge < -0.3 is 10.6 Å². The van der Waals surface area contributed by atoms with Crippen molar-refractivity contribution in [2.24, 2.45) is 11.8 Å². The molecule has 3 rings (SSSR count). The van der Waals surface area contributed by atoms with Crippen molar-refractivity contribution >= 4 is 23.6 Å². The van der Waals surface area contributed by atoms with Crippen LogP contribution in [-0.2, 0) is 19.2 Å². The van der Waals surface area contributed by atoms with Crippen molar-refractivity contribution in [3.05, 3.63) is 12.2 Å². The second kappa shape index (κ2) is 9.32. The van der Waals surface area contributed by atoms with Crippen molar-refractivity contribution in [2.75, 3.05) is 32.7 Å². The molecular weight excluding hydrogens is 360 g/mol. The minimum atomic E-state index is -0.299. The molecule has 2 atom stereocenters. The van der Waals surface area contributed by atoms with Crippen LogP contribution in [0.1, 0.15) is 39.0 Å². The Balaban J connectivity index is 1.41. The van der Waals surface area contributed by atoms with Gasteiger partial charge in [-0.1, -0.05) is 19.1 Å². The summed E-state index contributed by atoms with van der Waals surface area (Å²) in [4.78, 5) is 52.3. The van der Waals surface area contributed by atoms with Gasteiger partial charge in [0.05, 0.1) is 18.4 Å². The Morgan fingerprint density at radius 3 is 2.18 bits per heavy atom. The minimum absolute atomic E-state index is 0.0132. The number of fused-ring (bicyclic) bond motifs is 1. The third-order valence-electron chi connectivity index (χ3n) is 5.79. The summed E-state index contributed by atoms with van der Waals surface area (Å²) in [6.45, 7) is 4.38. The van der Waals surface area contributed by atoms with Crippen LogP contribution in [0.25, 0.3) is 0 Å². The lowest BCUT2D eigenvalue weighted by Crippen LogP contribution is -2.49. The highest BCUT2D eigenvalue weighted by Gasteiger charge is 2.47. The third kappa shape index (κ3) is 4.79. The Bertz CT molecular complexity index is 629. The number of carbonyl (C=O) groups is 4. The van der Waals surface area contributed by atoms with E-state index in [2.05, 4.69) is 15.5 Å². The summed E-state index contributed by atoms with van der Waals surface area (Å²) >= 11 is 0. The van der Waals surface area contributed by atoms with E-state index in [-0.39, 0.29) is 48.1 Å². The maximum absolute atomic E-state index is 12.4. The van der Waals surface area contributed by atoms with Gasteiger partial charge in [0.15, 0.2) is 0 Å². The van der Waals surface area contributed by atoms with Gasteiger partial charge >= 0.3 is 0 Å². The fourth-order valence-corrected chi connectivity index (χ4v) is 4.20. The van der Waals surface area contributed by atoms with Crippen molar-refractivity contribution in [1.82, 2.24) is 20.4 Å². The predicted molar refractivity (Wildman–Crippen MR) is 103 cm³/mol. The smallest absolute Gasteiger partial charge is 0.240 e. The number of imide groups is 1. The van der Waals surface area contributed by atoms with Crippen LogP contribution in [0, 0.1) is 11.8 Å². The summed E-state index contributed by atoms with van der Waals surface area (Å²) < 4.78 is 0. The topological polar surface area (TPSA) is 98.8 Å². The van der Waals surface area contributed by atoms with E-state index in [4.69, 9.17) is 0 Å². The molecule has 1 aliphatic carbocycles. The Hall–Kier alpha value is -2.22. The SMILES string of the molecule is CCCNC(=O)CN1CCC(NC(=O)CN2C(=O)C3CC=CCC3C2=O)CC1. The summed E-state index contributed by atoms with van der Waals surface area (Å²) in [5.41, 5.74) is 0. The number of rotatable bonds is 7. The lowest BCUT2D eigenvalue weighted by molar-refractivity contribution is -0.143. The Morgan fingerprint density at radius 1 is 1.00 bits per heavy atom. The first-order chi connectivity index (χ1) is 13.5. The second-order valence-corrected chi connectivity index (χ2v) is 7.89. The van der Waals surface area contributed by atoms with Crippen LogP contribution >= 0.6 is 0 Å². The van der Waals surface area contributed by atoms with Gasteiger partial charge in [0.2, 0.25) is 23.6 Å². The van der Waals surface area contributed by atoms with E-state index in [0.717, 1.165) is 37.3 Å². The molecule has 2 fully saturated rings. The third-order valence-corrected chi connectivity index (χ3v) is 5.79. The van der Waals surface area contributed by atoms with E-state index in [1.807, 2.05) is 19.1 Å². The average Bonchev–Trinajstić information content (AvgIpc) is 2.93. The molecule has 0 bridgehead atoms. The second-order valence-electron chi connectivity index (χ2n) is 7.89. The molecule has 2 N–H and O–H groups in total. The molecule has 8 heteroatoms. The number of carbonyl (C=O) groups excluding carboxylic acids is 4. The number of hydrogen-bond donors (Lipinski definition) is 2. The van der Waals surface area contributed by atoms with Gasteiger partial charge in [-0.05, 0) is 32.1 Å². The molecule has 3 aliphatic rings. The first-order valence-corrected chi connectivity index (χ1v) is 10.3. The van der Waals surface area contributed by atoms with Crippen molar-refractivity contribution in [3.63, 3.8) is 0 Å². The summed E-state index contributed by atoms with van der Waals surface area (Å²) in [5, 5.41) is 5.82. The molecule has 2 saturated heterocycles. The number of piperidine rings is 1. The van der Waals surface area contributed by atoms with E-state index in [0.29, 0.717) is 25.9 Å². The number of amides is 4. The Labute approximate surface area is 165 Å². The maximum atomic E-state index is 12.4. The minimum Gasteiger partial charge on any atom is -0.355 e. The van der Waals surface area contributed by atoms with Gasteiger partial charge in [0, 0.05) is 25.7 Å². The summed E-state index contributed by atoms with van der Waals surface area (Å²) in [7, 11) is 0. The van der Waals surface area contributed by atoms with Gasteiger partial charge in [-0.25, -0.2) is 0 Å². The van der Waals surface area contributed by atoms with E-state index in [1.165, 1.54) is 0 Å². The van der Waals surface area contributed by atoms with E-state index < -0.39 is 0 Å². The van der Waals surface area contributed by atoms with Crippen LogP contribution in [0.5, 0.6) is 0 Å². The molecule has 154 valence electrons. The first-order valence-electron chi connectivity index (χ1n) is 10.3. The van der Waals surface area contributed by atoms with Crippen LogP contribution < -0.4 is 10.6 Å². The van der Waals surface area contributed by atoms with Crippen LogP contribution in [-0.4, -0.2) is 72.2 Å². The summed E-state index contributed by atoms with van der Waals surface area (Å²) in [5.74, 6) is -1.29. The van der Waals surface area contributed by atoms with Gasteiger partial charge in [-0.3, -0.25) is 29.0 Å². The molecule has 2 heterocycles. The molecular formula is C20H30N4O4. The van der Waals surface area contributed by atoms with E-state index >= 15 is 0 Å². The largest absolute Gasteiger partial charge is 0.355 e. The monoisotopic (exact) mass is 390 g/mol. The average molecular weight is 390 g/mol. The standard InChI is InChI=1S/C20H30N4O4/c1-2-9-21-17(25)12-23-10-7-14(8-11-23)22-18(26)13-24-19(27)15-5-3-4-6-16(15)20(24)28/h3-4,14-16H,2,5-13H2,1H3,(H,21,25)(H,22,26). The molecule has 2 unspecified atom stereocenters. The number of nitrogens with zero attached hydrogens (tertiary/aromatic N) is 2. The predicted octanol–water partition coefficient (Wildman–Crippen LogP) is 0.0444. The quantitative estimate of drug-likeness (QED) is 0.473. The van der Waals surface area contributed by atoms with Gasteiger partial charge in [0.25, 0.3) is 0 Å². The highest BCUT2D eigenvalue weighted by atomic mass is 16.2. The van der Waals surface area contributed by atoms with Crippen LogP contribution in [0.15, 0.2) is 12.2 Å². The molecule has 0 radical (unpaired) electrons. The zero-order valence-electron chi connectivity index (χ0n) is 16.5. The molecule has 2 aliphatic heterocycles. The Morgan fingerprint density at radius 2 is 1.61 bits per heavy atom. The highest BCUT2D eigenvalue weighted by molar-refractivity contribution is 6.07. The fraction of sp³-hybridized carbons (Fsp3) is 0.700. The van der Waals surface area contributed by atoms with Crippen LogP contribution in [0.3, 0.4) is 0 Å².